The molecular formula is C19H20N2O2S. The molecule has 3 heterocycles. The second-order valence-electron chi connectivity index (χ2n) is 6.14. The van der Waals surface area contributed by atoms with E-state index in [1.165, 1.54) is 0 Å². The van der Waals surface area contributed by atoms with Gasteiger partial charge >= 0.3 is 0 Å². The number of likely N-dealkylation sites (tertiary alicyclic amines) is 1. The fourth-order valence-electron chi connectivity index (χ4n) is 3.30. The van der Waals surface area contributed by atoms with E-state index in [2.05, 4.69) is 28.1 Å². The van der Waals surface area contributed by atoms with E-state index in [0.717, 1.165) is 53.2 Å². The number of ether oxygens (including phenoxy) is 1. The van der Waals surface area contributed by atoms with Crippen molar-refractivity contribution in [1.82, 2.24) is 9.47 Å². The van der Waals surface area contributed by atoms with Crippen molar-refractivity contribution in [2.24, 2.45) is 0 Å². The third-order valence-electron chi connectivity index (χ3n) is 4.61. The van der Waals surface area contributed by atoms with Crippen molar-refractivity contribution < 1.29 is 9.53 Å². The van der Waals surface area contributed by atoms with Gasteiger partial charge in [-0.1, -0.05) is 12.1 Å². The van der Waals surface area contributed by atoms with Gasteiger partial charge in [0.2, 0.25) is 0 Å². The lowest BCUT2D eigenvalue weighted by molar-refractivity contribution is 0.0783. The smallest absolute Gasteiger partial charge is 0.270 e. The number of nitrogens with zero attached hydrogens (tertiary/aromatic N) is 2. The maximum atomic E-state index is 12.9. The van der Waals surface area contributed by atoms with E-state index >= 15 is 0 Å². The van der Waals surface area contributed by atoms with Gasteiger partial charge in [0.1, 0.15) is 16.3 Å². The summed E-state index contributed by atoms with van der Waals surface area (Å²) in [6.45, 7) is 2.45. The summed E-state index contributed by atoms with van der Waals surface area (Å²) < 4.78 is 7.38. The minimum atomic E-state index is 0.157. The van der Waals surface area contributed by atoms with Crippen molar-refractivity contribution >= 4 is 27.5 Å². The topological polar surface area (TPSA) is 34.5 Å². The SMILES string of the molecule is COc1ccc(Cn2c(C(=O)N3CCCC3)cc3ccsc32)cc1. The van der Waals surface area contributed by atoms with Gasteiger partial charge in [-0.2, -0.15) is 0 Å². The van der Waals surface area contributed by atoms with Crippen molar-refractivity contribution in [2.45, 2.75) is 19.4 Å². The summed E-state index contributed by atoms with van der Waals surface area (Å²) in [5.41, 5.74) is 1.96. The Morgan fingerprint density at radius 1 is 1.17 bits per heavy atom. The van der Waals surface area contributed by atoms with Crippen LogP contribution in [0.2, 0.25) is 0 Å². The number of benzene rings is 1. The van der Waals surface area contributed by atoms with E-state index in [-0.39, 0.29) is 5.91 Å². The lowest BCUT2D eigenvalue weighted by Crippen LogP contribution is -2.29. The molecule has 124 valence electrons. The highest BCUT2D eigenvalue weighted by molar-refractivity contribution is 7.16. The molecule has 1 amide bonds. The molecule has 1 saturated heterocycles. The van der Waals surface area contributed by atoms with Gasteiger partial charge < -0.3 is 14.2 Å². The van der Waals surface area contributed by atoms with Gasteiger partial charge in [0.25, 0.3) is 5.91 Å². The molecule has 0 aliphatic carbocycles. The number of rotatable bonds is 4. The van der Waals surface area contributed by atoms with Crippen molar-refractivity contribution in [3.05, 3.63) is 53.0 Å². The van der Waals surface area contributed by atoms with Gasteiger partial charge in [0.05, 0.1) is 7.11 Å². The molecule has 0 atom stereocenters. The number of hydrogen-bond donors (Lipinski definition) is 0. The molecule has 0 unspecified atom stereocenters. The summed E-state index contributed by atoms with van der Waals surface area (Å²) in [6.07, 6.45) is 2.22. The van der Waals surface area contributed by atoms with Crippen LogP contribution in [0.3, 0.4) is 0 Å². The van der Waals surface area contributed by atoms with Crippen LogP contribution in [0, 0.1) is 0 Å². The van der Waals surface area contributed by atoms with E-state index in [9.17, 15) is 4.79 Å². The lowest BCUT2D eigenvalue weighted by Gasteiger charge is -2.17. The number of methoxy groups -OCH3 is 1. The summed E-state index contributed by atoms with van der Waals surface area (Å²) in [5.74, 6) is 1.00. The average molecular weight is 340 g/mol. The van der Waals surface area contributed by atoms with Gasteiger partial charge in [-0.15, -0.1) is 11.3 Å². The molecule has 1 aromatic carbocycles. The first kappa shape index (κ1) is 15.3. The summed E-state index contributed by atoms with van der Waals surface area (Å²) in [4.78, 5) is 16.1. The zero-order valence-electron chi connectivity index (χ0n) is 13.7. The Labute approximate surface area is 145 Å². The maximum Gasteiger partial charge on any atom is 0.270 e. The van der Waals surface area contributed by atoms with Crippen LogP contribution in [0.1, 0.15) is 28.9 Å². The van der Waals surface area contributed by atoms with Crippen LogP contribution >= 0.6 is 11.3 Å². The number of aromatic nitrogens is 1. The molecule has 1 fully saturated rings. The Bertz CT molecular complexity index is 857. The number of amides is 1. The van der Waals surface area contributed by atoms with Crippen LogP contribution < -0.4 is 4.74 Å². The van der Waals surface area contributed by atoms with Crippen LogP contribution in [-0.4, -0.2) is 35.6 Å². The first-order valence-corrected chi connectivity index (χ1v) is 9.13. The van der Waals surface area contributed by atoms with Gasteiger partial charge in [-0.05, 0) is 48.1 Å². The van der Waals surface area contributed by atoms with E-state index in [4.69, 9.17) is 4.74 Å². The third kappa shape index (κ3) is 2.69. The Balaban J connectivity index is 1.70. The summed E-state index contributed by atoms with van der Waals surface area (Å²) in [7, 11) is 1.67. The fraction of sp³-hybridized carbons (Fsp3) is 0.316. The highest BCUT2D eigenvalue weighted by atomic mass is 32.1. The highest BCUT2D eigenvalue weighted by Crippen LogP contribution is 2.28. The van der Waals surface area contributed by atoms with Crippen molar-refractivity contribution in [2.75, 3.05) is 20.2 Å². The first-order valence-electron chi connectivity index (χ1n) is 8.25. The molecule has 24 heavy (non-hydrogen) atoms. The quantitative estimate of drug-likeness (QED) is 0.719. The summed E-state index contributed by atoms with van der Waals surface area (Å²) in [6, 6.07) is 12.2. The van der Waals surface area contributed by atoms with E-state index < -0.39 is 0 Å². The highest BCUT2D eigenvalue weighted by Gasteiger charge is 2.24. The molecule has 5 heteroatoms. The van der Waals surface area contributed by atoms with E-state index in [1.807, 2.05) is 23.1 Å². The monoisotopic (exact) mass is 340 g/mol. The van der Waals surface area contributed by atoms with Gasteiger partial charge in [0.15, 0.2) is 0 Å². The first-order chi connectivity index (χ1) is 11.8. The summed E-state index contributed by atoms with van der Waals surface area (Å²) in [5, 5.41) is 3.23. The Hall–Kier alpha value is -2.27. The van der Waals surface area contributed by atoms with Crippen molar-refractivity contribution in [3.8, 4) is 5.75 Å². The molecule has 2 aromatic heterocycles. The summed E-state index contributed by atoms with van der Waals surface area (Å²) >= 11 is 1.69. The molecule has 4 rings (SSSR count). The van der Waals surface area contributed by atoms with Crippen LogP contribution in [0.15, 0.2) is 41.8 Å². The van der Waals surface area contributed by atoms with Crippen molar-refractivity contribution in [3.63, 3.8) is 0 Å². The number of carbonyl (C=O) groups is 1. The number of thiophene rings is 1. The molecule has 0 bridgehead atoms. The standard InChI is InChI=1S/C19H20N2O2S/c1-23-16-6-4-14(5-7-16)13-21-17(12-15-8-11-24-19(15)21)18(22)20-9-2-3-10-20/h4-8,11-12H,2-3,9-10,13H2,1H3. The van der Waals surface area contributed by atoms with Crippen LogP contribution in [-0.2, 0) is 6.54 Å². The number of carbonyl (C=O) groups excluding carboxylic acids is 1. The zero-order chi connectivity index (χ0) is 16.5. The third-order valence-corrected chi connectivity index (χ3v) is 5.57. The van der Waals surface area contributed by atoms with Crippen LogP contribution in [0.4, 0.5) is 0 Å². The number of hydrogen-bond acceptors (Lipinski definition) is 3. The zero-order valence-corrected chi connectivity index (χ0v) is 14.5. The molecule has 0 N–H and O–H groups in total. The normalized spacial score (nSPS) is 14.5. The number of fused-ring (bicyclic) bond motifs is 1. The molecular weight excluding hydrogens is 320 g/mol. The van der Waals surface area contributed by atoms with Gasteiger partial charge in [-0.25, -0.2) is 0 Å². The Morgan fingerprint density at radius 3 is 2.62 bits per heavy atom. The van der Waals surface area contributed by atoms with Crippen molar-refractivity contribution in [1.29, 1.82) is 0 Å². The second-order valence-corrected chi connectivity index (χ2v) is 7.04. The van der Waals surface area contributed by atoms with Gasteiger partial charge in [0, 0.05) is 25.0 Å². The van der Waals surface area contributed by atoms with Crippen LogP contribution in [0.25, 0.3) is 10.2 Å². The molecule has 1 aliphatic heterocycles. The van der Waals surface area contributed by atoms with E-state index in [1.54, 1.807) is 18.4 Å². The maximum absolute atomic E-state index is 12.9. The molecule has 0 radical (unpaired) electrons. The minimum absolute atomic E-state index is 0.157. The predicted octanol–water partition coefficient (Wildman–Crippen LogP) is 4.00. The minimum Gasteiger partial charge on any atom is -0.497 e. The lowest BCUT2D eigenvalue weighted by atomic mass is 10.2. The largest absolute Gasteiger partial charge is 0.497 e. The van der Waals surface area contributed by atoms with Crippen LogP contribution in [0.5, 0.6) is 5.75 Å². The average Bonchev–Trinajstić information content (AvgIpc) is 3.34. The molecule has 1 aliphatic rings. The second kappa shape index (κ2) is 6.32. The van der Waals surface area contributed by atoms with E-state index in [0.29, 0.717) is 6.54 Å². The Kier molecular flexibility index (Phi) is 4.02. The van der Waals surface area contributed by atoms with Gasteiger partial charge in [-0.3, -0.25) is 4.79 Å². The molecule has 3 aromatic rings. The molecule has 0 spiro atoms. The molecule has 4 nitrogen and oxygen atoms in total. The predicted molar refractivity (Wildman–Crippen MR) is 97.0 cm³/mol. The molecule has 0 saturated carbocycles. The fourth-order valence-corrected chi connectivity index (χ4v) is 4.20. The Morgan fingerprint density at radius 2 is 1.92 bits per heavy atom.